The van der Waals surface area contributed by atoms with E-state index in [9.17, 15) is 0 Å². The Morgan fingerprint density at radius 3 is 2.65 bits per heavy atom. The number of rotatable bonds is 8. The second-order valence-electron chi connectivity index (χ2n) is 5.14. The lowest BCUT2D eigenvalue weighted by molar-refractivity contribution is 0.195. The lowest BCUT2D eigenvalue weighted by atomic mass is 10.2. The van der Waals surface area contributed by atoms with E-state index in [-0.39, 0.29) is 0 Å². The summed E-state index contributed by atoms with van der Waals surface area (Å²) in [7, 11) is 1.71. The molecule has 0 unspecified atom stereocenters. The van der Waals surface area contributed by atoms with Gasteiger partial charge in [-0.1, -0.05) is 36.4 Å². The Morgan fingerprint density at radius 1 is 1.09 bits per heavy atom. The number of hydrogen-bond donors (Lipinski definition) is 2. The van der Waals surface area contributed by atoms with Crippen LogP contribution in [0.2, 0.25) is 0 Å². The molecule has 0 amide bonds. The van der Waals surface area contributed by atoms with Gasteiger partial charge in [0.05, 0.1) is 6.54 Å². The van der Waals surface area contributed by atoms with Crippen molar-refractivity contribution in [1.82, 2.24) is 15.6 Å². The Kier molecular flexibility index (Phi) is 7.63. The normalized spacial score (nSPS) is 11.3. The summed E-state index contributed by atoms with van der Waals surface area (Å²) in [5.41, 5.74) is 2.31. The molecule has 0 aliphatic carbocycles. The predicted molar refractivity (Wildman–Crippen MR) is 93.2 cm³/mol. The number of aliphatic imine (C=N–C) groups is 1. The summed E-state index contributed by atoms with van der Waals surface area (Å²) in [4.78, 5) is 8.74. The molecular formula is C18H24N4O. The van der Waals surface area contributed by atoms with Gasteiger partial charge in [0.1, 0.15) is 0 Å². The number of methoxy groups -OCH3 is 1. The van der Waals surface area contributed by atoms with Gasteiger partial charge in [-0.05, 0) is 23.6 Å². The van der Waals surface area contributed by atoms with Gasteiger partial charge in [0, 0.05) is 39.2 Å². The SMILES string of the molecule is COCCCNC(=NCc1cccnc1)NCc1ccccc1. The van der Waals surface area contributed by atoms with Crippen molar-refractivity contribution < 1.29 is 4.74 Å². The average molecular weight is 312 g/mol. The molecule has 2 rings (SSSR count). The Labute approximate surface area is 137 Å². The molecule has 2 aromatic rings. The van der Waals surface area contributed by atoms with Crippen LogP contribution in [0.5, 0.6) is 0 Å². The lowest BCUT2D eigenvalue weighted by Crippen LogP contribution is -2.37. The van der Waals surface area contributed by atoms with E-state index in [1.807, 2.05) is 36.5 Å². The first-order chi connectivity index (χ1) is 11.4. The molecule has 0 saturated carbocycles. The summed E-state index contributed by atoms with van der Waals surface area (Å²) in [6, 6.07) is 14.2. The van der Waals surface area contributed by atoms with Crippen LogP contribution in [0.25, 0.3) is 0 Å². The second kappa shape index (κ2) is 10.3. The van der Waals surface area contributed by atoms with Crippen molar-refractivity contribution in [2.45, 2.75) is 19.5 Å². The van der Waals surface area contributed by atoms with Crippen LogP contribution in [0, 0.1) is 0 Å². The van der Waals surface area contributed by atoms with E-state index in [1.54, 1.807) is 13.3 Å². The van der Waals surface area contributed by atoms with E-state index in [0.717, 1.165) is 37.6 Å². The summed E-state index contributed by atoms with van der Waals surface area (Å²) >= 11 is 0. The van der Waals surface area contributed by atoms with Gasteiger partial charge in [0.15, 0.2) is 5.96 Å². The first kappa shape index (κ1) is 17.0. The highest BCUT2D eigenvalue weighted by molar-refractivity contribution is 5.79. The van der Waals surface area contributed by atoms with Crippen molar-refractivity contribution in [3.8, 4) is 0 Å². The molecule has 0 fully saturated rings. The van der Waals surface area contributed by atoms with Gasteiger partial charge in [-0.25, -0.2) is 4.99 Å². The highest BCUT2D eigenvalue weighted by Crippen LogP contribution is 1.99. The summed E-state index contributed by atoms with van der Waals surface area (Å²) in [6.45, 7) is 2.90. The van der Waals surface area contributed by atoms with Crippen LogP contribution in [0.3, 0.4) is 0 Å². The van der Waals surface area contributed by atoms with Crippen molar-refractivity contribution in [2.24, 2.45) is 4.99 Å². The summed E-state index contributed by atoms with van der Waals surface area (Å²) in [5, 5.41) is 6.69. The average Bonchev–Trinajstić information content (AvgIpc) is 2.62. The number of nitrogens with zero attached hydrogens (tertiary/aromatic N) is 2. The monoisotopic (exact) mass is 312 g/mol. The van der Waals surface area contributed by atoms with Crippen molar-refractivity contribution in [2.75, 3.05) is 20.3 Å². The molecule has 0 saturated heterocycles. The Balaban J connectivity index is 1.90. The molecular weight excluding hydrogens is 288 g/mol. The van der Waals surface area contributed by atoms with E-state index in [1.165, 1.54) is 5.56 Å². The molecule has 0 radical (unpaired) electrons. The highest BCUT2D eigenvalue weighted by Gasteiger charge is 1.99. The maximum absolute atomic E-state index is 5.07. The zero-order chi connectivity index (χ0) is 16.2. The molecule has 122 valence electrons. The summed E-state index contributed by atoms with van der Waals surface area (Å²) < 4.78 is 5.07. The van der Waals surface area contributed by atoms with Crippen molar-refractivity contribution in [3.63, 3.8) is 0 Å². The summed E-state index contributed by atoms with van der Waals surface area (Å²) in [5.74, 6) is 0.800. The number of aromatic nitrogens is 1. The molecule has 23 heavy (non-hydrogen) atoms. The van der Waals surface area contributed by atoms with Crippen molar-refractivity contribution in [3.05, 3.63) is 66.0 Å². The molecule has 2 N–H and O–H groups in total. The minimum Gasteiger partial charge on any atom is -0.385 e. The van der Waals surface area contributed by atoms with Gasteiger partial charge in [-0.3, -0.25) is 4.98 Å². The van der Waals surface area contributed by atoms with Crippen LogP contribution in [-0.2, 0) is 17.8 Å². The predicted octanol–water partition coefficient (Wildman–Crippen LogP) is 2.35. The smallest absolute Gasteiger partial charge is 0.191 e. The number of benzene rings is 1. The van der Waals surface area contributed by atoms with E-state index in [2.05, 4.69) is 32.7 Å². The number of nitrogens with one attached hydrogen (secondary N) is 2. The van der Waals surface area contributed by atoms with Crippen LogP contribution >= 0.6 is 0 Å². The van der Waals surface area contributed by atoms with Crippen LogP contribution in [0.15, 0.2) is 59.9 Å². The van der Waals surface area contributed by atoms with E-state index >= 15 is 0 Å². The molecule has 1 aromatic carbocycles. The van der Waals surface area contributed by atoms with Crippen LogP contribution in [0.1, 0.15) is 17.5 Å². The molecule has 0 aliphatic heterocycles. The molecule has 0 aliphatic rings. The molecule has 1 aromatic heterocycles. The standard InChI is InChI=1S/C18H24N4O/c1-23-12-6-11-20-18(21-14-16-7-3-2-4-8-16)22-15-17-9-5-10-19-13-17/h2-5,7-10,13H,6,11-12,14-15H2,1H3,(H2,20,21,22). The summed E-state index contributed by atoms with van der Waals surface area (Å²) in [6.07, 6.45) is 4.55. The molecule has 0 atom stereocenters. The van der Waals surface area contributed by atoms with Crippen LogP contribution < -0.4 is 10.6 Å². The Bertz CT molecular complexity index is 572. The third kappa shape index (κ3) is 6.93. The van der Waals surface area contributed by atoms with Crippen molar-refractivity contribution >= 4 is 5.96 Å². The number of pyridine rings is 1. The van der Waals surface area contributed by atoms with Crippen LogP contribution in [0.4, 0.5) is 0 Å². The fourth-order valence-corrected chi connectivity index (χ4v) is 2.04. The third-order valence-electron chi connectivity index (χ3n) is 3.26. The minimum atomic E-state index is 0.599. The molecule has 1 heterocycles. The van der Waals surface area contributed by atoms with Gasteiger partial charge < -0.3 is 15.4 Å². The second-order valence-corrected chi connectivity index (χ2v) is 5.14. The molecule has 5 nitrogen and oxygen atoms in total. The Morgan fingerprint density at radius 2 is 1.91 bits per heavy atom. The van der Waals surface area contributed by atoms with Gasteiger partial charge in [0.25, 0.3) is 0 Å². The fraction of sp³-hybridized carbons (Fsp3) is 0.333. The first-order valence-corrected chi connectivity index (χ1v) is 7.82. The highest BCUT2D eigenvalue weighted by atomic mass is 16.5. The Hall–Kier alpha value is -2.40. The number of hydrogen-bond acceptors (Lipinski definition) is 3. The van der Waals surface area contributed by atoms with E-state index in [4.69, 9.17) is 4.74 Å². The fourth-order valence-electron chi connectivity index (χ4n) is 2.04. The topological polar surface area (TPSA) is 58.5 Å². The molecule has 0 bridgehead atoms. The molecule has 0 spiro atoms. The largest absolute Gasteiger partial charge is 0.385 e. The van der Waals surface area contributed by atoms with Crippen LogP contribution in [-0.4, -0.2) is 31.2 Å². The van der Waals surface area contributed by atoms with Gasteiger partial charge >= 0.3 is 0 Å². The number of ether oxygens (including phenoxy) is 1. The van der Waals surface area contributed by atoms with E-state index in [0.29, 0.717) is 6.54 Å². The maximum Gasteiger partial charge on any atom is 0.191 e. The van der Waals surface area contributed by atoms with Crippen molar-refractivity contribution in [1.29, 1.82) is 0 Å². The zero-order valence-corrected chi connectivity index (χ0v) is 13.5. The maximum atomic E-state index is 5.07. The van der Waals surface area contributed by atoms with E-state index < -0.39 is 0 Å². The zero-order valence-electron chi connectivity index (χ0n) is 13.5. The quantitative estimate of drug-likeness (QED) is 0.446. The number of guanidine groups is 1. The van der Waals surface area contributed by atoms with Gasteiger partial charge in [-0.2, -0.15) is 0 Å². The minimum absolute atomic E-state index is 0.599. The molecule has 5 heteroatoms. The third-order valence-corrected chi connectivity index (χ3v) is 3.26. The first-order valence-electron chi connectivity index (χ1n) is 7.82. The van der Waals surface area contributed by atoms with Gasteiger partial charge in [0.2, 0.25) is 0 Å². The lowest BCUT2D eigenvalue weighted by Gasteiger charge is -2.12. The van der Waals surface area contributed by atoms with Gasteiger partial charge in [-0.15, -0.1) is 0 Å².